The van der Waals surface area contributed by atoms with Gasteiger partial charge in [0.25, 0.3) is 5.91 Å². The molecule has 0 saturated carbocycles. The van der Waals surface area contributed by atoms with E-state index in [1.807, 2.05) is 18.2 Å². The molecular formula is C17H17N5O2. The molecule has 0 aliphatic heterocycles. The quantitative estimate of drug-likeness (QED) is 0.771. The number of anilines is 1. The molecule has 0 unspecified atom stereocenters. The number of aromatic nitrogens is 3. The Morgan fingerprint density at radius 2 is 2.12 bits per heavy atom. The number of amides is 1. The van der Waals surface area contributed by atoms with Crippen molar-refractivity contribution >= 4 is 11.9 Å². The number of hydrogen-bond acceptors (Lipinski definition) is 6. The topological polar surface area (TPSA) is 98.1 Å². The van der Waals surface area contributed by atoms with E-state index in [1.54, 1.807) is 36.3 Å². The SMILES string of the molecule is CN(CCc1ccccn1)C(=O)c1cc(-c2ccco2)nc(N)n1. The fourth-order valence-electron chi connectivity index (χ4n) is 2.25. The minimum absolute atomic E-state index is 0.0328. The summed E-state index contributed by atoms with van der Waals surface area (Å²) in [6.07, 6.45) is 3.93. The summed E-state index contributed by atoms with van der Waals surface area (Å²) in [5, 5.41) is 0. The third-order valence-corrected chi connectivity index (χ3v) is 3.51. The van der Waals surface area contributed by atoms with Crippen LogP contribution in [0.2, 0.25) is 0 Å². The van der Waals surface area contributed by atoms with Gasteiger partial charge < -0.3 is 15.1 Å². The summed E-state index contributed by atoms with van der Waals surface area (Å²) in [4.78, 5) is 26.5. The van der Waals surface area contributed by atoms with Gasteiger partial charge in [-0.2, -0.15) is 0 Å². The molecule has 3 rings (SSSR count). The monoisotopic (exact) mass is 323 g/mol. The van der Waals surface area contributed by atoms with E-state index in [4.69, 9.17) is 10.2 Å². The van der Waals surface area contributed by atoms with Crippen LogP contribution in [0, 0.1) is 0 Å². The molecule has 0 radical (unpaired) electrons. The zero-order valence-corrected chi connectivity index (χ0v) is 13.2. The third-order valence-electron chi connectivity index (χ3n) is 3.51. The number of rotatable bonds is 5. The van der Waals surface area contributed by atoms with Gasteiger partial charge in [0, 0.05) is 31.9 Å². The van der Waals surface area contributed by atoms with Crippen LogP contribution < -0.4 is 5.73 Å². The lowest BCUT2D eigenvalue weighted by atomic mass is 10.2. The molecule has 3 aromatic heterocycles. The molecule has 0 aliphatic rings. The van der Waals surface area contributed by atoms with Crippen molar-refractivity contribution in [2.45, 2.75) is 6.42 Å². The van der Waals surface area contributed by atoms with E-state index in [2.05, 4.69) is 15.0 Å². The number of nitrogen functional groups attached to an aromatic ring is 1. The van der Waals surface area contributed by atoms with Crippen LogP contribution in [-0.2, 0) is 6.42 Å². The Kier molecular flexibility index (Phi) is 4.51. The van der Waals surface area contributed by atoms with Gasteiger partial charge in [0.1, 0.15) is 11.4 Å². The number of hydrogen-bond donors (Lipinski definition) is 1. The Morgan fingerprint density at radius 3 is 2.83 bits per heavy atom. The second kappa shape index (κ2) is 6.91. The summed E-state index contributed by atoms with van der Waals surface area (Å²) in [5.41, 5.74) is 7.36. The Labute approximate surface area is 139 Å². The molecule has 3 heterocycles. The number of nitrogens with two attached hydrogens (primary N) is 1. The van der Waals surface area contributed by atoms with Gasteiger partial charge in [-0.3, -0.25) is 9.78 Å². The Hall–Kier alpha value is -3.22. The van der Waals surface area contributed by atoms with Gasteiger partial charge in [0.2, 0.25) is 5.95 Å². The summed E-state index contributed by atoms with van der Waals surface area (Å²) in [6.45, 7) is 0.524. The highest BCUT2D eigenvalue weighted by atomic mass is 16.3. The van der Waals surface area contributed by atoms with Crippen molar-refractivity contribution in [3.05, 3.63) is 60.2 Å². The molecule has 1 amide bonds. The van der Waals surface area contributed by atoms with Crippen molar-refractivity contribution in [1.82, 2.24) is 19.9 Å². The summed E-state index contributed by atoms with van der Waals surface area (Å²) < 4.78 is 5.30. The fraction of sp³-hybridized carbons (Fsp3) is 0.176. The summed E-state index contributed by atoms with van der Waals surface area (Å²) in [6, 6.07) is 10.8. The number of nitrogens with zero attached hydrogens (tertiary/aromatic N) is 4. The maximum Gasteiger partial charge on any atom is 0.272 e. The number of carbonyl (C=O) groups is 1. The zero-order valence-electron chi connectivity index (χ0n) is 13.2. The van der Waals surface area contributed by atoms with Crippen molar-refractivity contribution in [3.63, 3.8) is 0 Å². The molecule has 7 nitrogen and oxygen atoms in total. The molecule has 3 aromatic rings. The van der Waals surface area contributed by atoms with E-state index in [0.29, 0.717) is 24.4 Å². The van der Waals surface area contributed by atoms with E-state index in [1.165, 1.54) is 6.26 Å². The first-order valence-corrected chi connectivity index (χ1v) is 7.47. The normalized spacial score (nSPS) is 10.5. The molecule has 0 atom stereocenters. The van der Waals surface area contributed by atoms with E-state index >= 15 is 0 Å². The lowest BCUT2D eigenvalue weighted by molar-refractivity contribution is 0.0790. The molecule has 0 aliphatic carbocycles. The first-order chi connectivity index (χ1) is 11.6. The Morgan fingerprint density at radius 1 is 1.25 bits per heavy atom. The first kappa shape index (κ1) is 15.7. The van der Waals surface area contributed by atoms with Crippen LogP contribution >= 0.6 is 0 Å². The molecule has 122 valence electrons. The lowest BCUT2D eigenvalue weighted by Crippen LogP contribution is -2.30. The predicted octanol–water partition coefficient (Wildman–Crippen LogP) is 2.03. The average Bonchev–Trinajstić information content (AvgIpc) is 3.14. The van der Waals surface area contributed by atoms with Crippen LogP contribution in [0.3, 0.4) is 0 Å². The van der Waals surface area contributed by atoms with Crippen LogP contribution in [0.1, 0.15) is 16.2 Å². The number of pyridine rings is 1. The predicted molar refractivity (Wildman–Crippen MR) is 89.0 cm³/mol. The van der Waals surface area contributed by atoms with Crippen molar-refractivity contribution in [2.75, 3.05) is 19.3 Å². The van der Waals surface area contributed by atoms with E-state index in [0.717, 1.165) is 5.69 Å². The maximum atomic E-state index is 12.6. The number of likely N-dealkylation sites (N-methyl/N-ethyl adjacent to an activating group) is 1. The van der Waals surface area contributed by atoms with Crippen molar-refractivity contribution in [2.24, 2.45) is 0 Å². The molecule has 0 fully saturated rings. The van der Waals surface area contributed by atoms with E-state index in [9.17, 15) is 4.79 Å². The van der Waals surface area contributed by atoms with Gasteiger partial charge in [-0.15, -0.1) is 0 Å². The van der Waals surface area contributed by atoms with Gasteiger partial charge in [-0.25, -0.2) is 9.97 Å². The van der Waals surface area contributed by atoms with Crippen LogP contribution in [-0.4, -0.2) is 39.4 Å². The van der Waals surface area contributed by atoms with Crippen molar-refractivity contribution < 1.29 is 9.21 Å². The summed E-state index contributed by atoms with van der Waals surface area (Å²) in [7, 11) is 1.72. The molecule has 7 heteroatoms. The lowest BCUT2D eigenvalue weighted by Gasteiger charge is -2.16. The van der Waals surface area contributed by atoms with E-state index in [-0.39, 0.29) is 17.5 Å². The van der Waals surface area contributed by atoms with Crippen LogP contribution in [0.5, 0.6) is 0 Å². The zero-order chi connectivity index (χ0) is 16.9. The minimum Gasteiger partial charge on any atom is -0.463 e. The van der Waals surface area contributed by atoms with E-state index < -0.39 is 0 Å². The van der Waals surface area contributed by atoms with Gasteiger partial charge in [-0.05, 0) is 30.3 Å². The fourth-order valence-corrected chi connectivity index (χ4v) is 2.25. The second-order valence-corrected chi connectivity index (χ2v) is 5.27. The highest BCUT2D eigenvalue weighted by Gasteiger charge is 2.17. The van der Waals surface area contributed by atoms with Crippen LogP contribution in [0.25, 0.3) is 11.5 Å². The molecule has 0 saturated heterocycles. The third kappa shape index (κ3) is 3.57. The van der Waals surface area contributed by atoms with Gasteiger partial charge in [-0.1, -0.05) is 6.07 Å². The standard InChI is InChI=1S/C17H17N5O2/c1-22(9-7-12-5-2-3-8-19-12)16(23)14-11-13(20-17(18)21-14)15-6-4-10-24-15/h2-6,8,10-11H,7,9H2,1H3,(H2,18,20,21). The van der Waals surface area contributed by atoms with Gasteiger partial charge in [0.05, 0.1) is 6.26 Å². The van der Waals surface area contributed by atoms with Gasteiger partial charge >= 0.3 is 0 Å². The van der Waals surface area contributed by atoms with Crippen molar-refractivity contribution in [1.29, 1.82) is 0 Å². The largest absolute Gasteiger partial charge is 0.463 e. The van der Waals surface area contributed by atoms with Crippen LogP contribution in [0.15, 0.2) is 53.3 Å². The molecule has 24 heavy (non-hydrogen) atoms. The molecule has 2 N–H and O–H groups in total. The Balaban J connectivity index is 1.74. The second-order valence-electron chi connectivity index (χ2n) is 5.27. The molecule has 0 bridgehead atoms. The molecular weight excluding hydrogens is 306 g/mol. The molecule has 0 aromatic carbocycles. The Bertz CT molecular complexity index is 818. The number of furan rings is 1. The van der Waals surface area contributed by atoms with Gasteiger partial charge in [0.15, 0.2) is 5.76 Å². The first-order valence-electron chi connectivity index (χ1n) is 7.47. The maximum absolute atomic E-state index is 12.6. The van der Waals surface area contributed by atoms with Crippen LogP contribution in [0.4, 0.5) is 5.95 Å². The average molecular weight is 323 g/mol. The minimum atomic E-state index is -0.229. The summed E-state index contributed by atoms with van der Waals surface area (Å²) >= 11 is 0. The summed E-state index contributed by atoms with van der Waals surface area (Å²) in [5.74, 6) is 0.340. The number of carbonyl (C=O) groups excluding carboxylic acids is 1. The molecule has 0 spiro atoms. The highest BCUT2D eigenvalue weighted by molar-refractivity contribution is 5.93. The van der Waals surface area contributed by atoms with Crippen molar-refractivity contribution in [3.8, 4) is 11.5 Å². The highest BCUT2D eigenvalue weighted by Crippen LogP contribution is 2.19. The smallest absolute Gasteiger partial charge is 0.272 e.